The van der Waals surface area contributed by atoms with Gasteiger partial charge in [0.25, 0.3) is 0 Å². The maximum absolute atomic E-state index is 5.89. The molecule has 4 fully saturated rings. The zero-order valence-electron chi connectivity index (χ0n) is 12.2. The first kappa shape index (κ1) is 12.6. The third kappa shape index (κ3) is 2.71. The first-order valence-electron chi connectivity index (χ1n) is 8.64. The van der Waals surface area contributed by atoms with Gasteiger partial charge in [-0.1, -0.05) is 6.42 Å². The van der Waals surface area contributed by atoms with Crippen LogP contribution in [0.3, 0.4) is 0 Å². The molecule has 1 heterocycles. The van der Waals surface area contributed by atoms with E-state index >= 15 is 0 Å². The SMILES string of the molecule is C1COCC(CNC2CC2)(CC2CC3CCC2C3)C1. The van der Waals surface area contributed by atoms with Crippen molar-refractivity contribution < 1.29 is 4.74 Å². The van der Waals surface area contributed by atoms with E-state index in [2.05, 4.69) is 5.32 Å². The van der Waals surface area contributed by atoms with Crippen LogP contribution in [0.5, 0.6) is 0 Å². The van der Waals surface area contributed by atoms with Gasteiger partial charge in [0.2, 0.25) is 0 Å². The Kier molecular flexibility index (Phi) is 3.35. The predicted molar refractivity (Wildman–Crippen MR) is 77.1 cm³/mol. The summed E-state index contributed by atoms with van der Waals surface area (Å²) >= 11 is 0. The normalized spacial score (nSPS) is 45.8. The van der Waals surface area contributed by atoms with Crippen molar-refractivity contribution in [2.24, 2.45) is 23.2 Å². The van der Waals surface area contributed by atoms with Crippen molar-refractivity contribution in [3.05, 3.63) is 0 Å². The third-order valence-corrected chi connectivity index (χ3v) is 6.33. The van der Waals surface area contributed by atoms with Crippen LogP contribution in [0.2, 0.25) is 0 Å². The van der Waals surface area contributed by atoms with E-state index in [0.29, 0.717) is 5.41 Å². The molecule has 3 saturated carbocycles. The molecule has 2 heteroatoms. The zero-order chi connectivity index (χ0) is 12.7. The topological polar surface area (TPSA) is 21.3 Å². The summed E-state index contributed by atoms with van der Waals surface area (Å²) in [4.78, 5) is 0. The molecule has 19 heavy (non-hydrogen) atoms. The number of ether oxygens (including phenoxy) is 1. The second-order valence-electron chi connectivity index (χ2n) is 7.95. The fourth-order valence-electron chi connectivity index (χ4n) is 5.11. The Morgan fingerprint density at radius 3 is 2.68 bits per heavy atom. The van der Waals surface area contributed by atoms with E-state index in [-0.39, 0.29) is 0 Å². The number of nitrogens with one attached hydrogen (secondary N) is 1. The summed E-state index contributed by atoms with van der Waals surface area (Å²) in [5, 5.41) is 3.81. The van der Waals surface area contributed by atoms with Gasteiger partial charge in [-0.3, -0.25) is 0 Å². The van der Waals surface area contributed by atoms with Gasteiger partial charge in [0.05, 0.1) is 6.61 Å². The van der Waals surface area contributed by atoms with Crippen molar-refractivity contribution in [3.8, 4) is 0 Å². The average molecular weight is 263 g/mol. The predicted octanol–water partition coefficient (Wildman–Crippen LogP) is 3.36. The van der Waals surface area contributed by atoms with Crippen LogP contribution in [0.25, 0.3) is 0 Å². The van der Waals surface area contributed by atoms with Crippen molar-refractivity contribution in [3.63, 3.8) is 0 Å². The highest BCUT2D eigenvalue weighted by molar-refractivity contribution is 4.96. The van der Waals surface area contributed by atoms with E-state index in [1.165, 1.54) is 57.9 Å². The molecule has 0 radical (unpaired) electrons. The van der Waals surface area contributed by atoms with Crippen LogP contribution in [0.1, 0.15) is 57.8 Å². The highest BCUT2D eigenvalue weighted by Crippen LogP contribution is 2.52. The Bertz CT molecular complexity index is 319. The van der Waals surface area contributed by atoms with E-state index in [0.717, 1.165) is 37.0 Å². The molecule has 4 rings (SSSR count). The van der Waals surface area contributed by atoms with E-state index in [4.69, 9.17) is 4.74 Å². The molecule has 4 unspecified atom stereocenters. The monoisotopic (exact) mass is 263 g/mol. The highest BCUT2D eigenvalue weighted by atomic mass is 16.5. The summed E-state index contributed by atoms with van der Waals surface area (Å²) < 4.78 is 5.89. The smallest absolute Gasteiger partial charge is 0.0534 e. The number of hydrogen-bond acceptors (Lipinski definition) is 2. The molecule has 3 aliphatic carbocycles. The van der Waals surface area contributed by atoms with Crippen LogP contribution in [-0.4, -0.2) is 25.8 Å². The summed E-state index contributed by atoms with van der Waals surface area (Å²) in [6, 6.07) is 0.846. The molecule has 1 N–H and O–H groups in total. The van der Waals surface area contributed by atoms with Crippen molar-refractivity contribution in [2.75, 3.05) is 19.8 Å². The fourth-order valence-corrected chi connectivity index (χ4v) is 5.11. The van der Waals surface area contributed by atoms with Crippen molar-refractivity contribution in [1.82, 2.24) is 5.32 Å². The van der Waals surface area contributed by atoms with Gasteiger partial charge in [0.15, 0.2) is 0 Å². The number of rotatable bonds is 5. The molecule has 1 aliphatic heterocycles. The largest absolute Gasteiger partial charge is 0.381 e. The minimum atomic E-state index is 0.482. The zero-order valence-corrected chi connectivity index (χ0v) is 12.2. The Balaban J connectivity index is 1.40. The molecule has 0 spiro atoms. The summed E-state index contributed by atoms with van der Waals surface area (Å²) in [6.07, 6.45) is 13.1. The van der Waals surface area contributed by atoms with Crippen molar-refractivity contribution >= 4 is 0 Å². The molecular formula is C17H29NO. The second-order valence-corrected chi connectivity index (χ2v) is 7.95. The first-order chi connectivity index (χ1) is 9.33. The second kappa shape index (κ2) is 5.04. The molecule has 0 aromatic heterocycles. The fraction of sp³-hybridized carbons (Fsp3) is 1.00. The Labute approximate surface area is 117 Å². The standard InChI is InChI=1S/C17H29NO/c1-6-17(12-19-7-1,11-18-16-4-5-16)10-15-9-13-2-3-14(15)8-13/h13-16,18H,1-12H2. The third-order valence-electron chi connectivity index (χ3n) is 6.33. The van der Waals surface area contributed by atoms with Crippen LogP contribution in [0.4, 0.5) is 0 Å². The molecule has 1 saturated heterocycles. The van der Waals surface area contributed by atoms with Gasteiger partial charge in [0, 0.05) is 24.6 Å². The minimum absolute atomic E-state index is 0.482. The van der Waals surface area contributed by atoms with E-state index in [1.807, 2.05) is 0 Å². The van der Waals surface area contributed by atoms with Gasteiger partial charge in [-0.05, 0) is 69.1 Å². The first-order valence-corrected chi connectivity index (χ1v) is 8.64. The van der Waals surface area contributed by atoms with Crippen LogP contribution in [0.15, 0.2) is 0 Å². The maximum atomic E-state index is 5.89. The average Bonchev–Trinajstić information content (AvgIpc) is 3.05. The summed E-state index contributed by atoms with van der Waals surface area (Å²) in [5.74, 6) is 3.19. The lowest BCUT2D eigenvalue weighted by atomic mass is 9.71. The van der Waals surface area contributed by atoms with Crippen LogP contribution in [0, 0.1) is 23.2 Å². The highest BCUT2D eigenvalue weighted by Gasteiger charge is 2.44. The molecule has 4 aliphatic rings. The van der Waals surface area contributed by atoms with Gasteiger partial charge in [-0.25, -0.2) is 0 Å². The van der Waals surface area contributed by atoms with E-state index < -0.39 is 0 Å². The molecule has 2 nitrogen and oxygen atoms in total. The quantitative estimate of drug-likeness (QED) is 0.821. The molecule has 0 aromatic rings. The molecule has 0 aromatic carbocycles. The van der Waals surface area contributed by atoms with Gasteiger partial charge in [0.1, 0.15) is 0 Å². The van der Waals surface area contributed by atoms with Crippen LogP contribution < -0.4 is 5.32 Å². The van der Waals surface area contributed by atoms with Gasteiger partial charge in [-0.2, -0.15) is 0 Å². The van der Waals surface area contributed by atoms with E-state index in [1.54, 1.807) is 6.42 Å². The lowest BCUT2D eigenvalue weighted by molar-refractivity contribution is -0.0251. The van der Waals surface area contributed by atoms with Crippen molar-refractivity contribution in [2.45, 2.75) is 63.8 Å². The Morgan fingerprint density at radius 2 is 2.05 bits per heavy atom. The lowest BCUT2D eigenvalue weighted by Crippen LogP contribution is -2.43. The van der Waals surface area contributed by atoms with Crippen molar-refractivity contribution in [1.29, 1.82) is 0 Å². The van der Waals surface area contributed by atoms with E-state index in [9.17, 15) is 0 Å². The van der Waals surface area contributed by atoms with Crippen LogP contribution in [-0.2, 0) is 4.74 Å². The number of fused-ring (bicyclic) bond motifs is 2. The molecule has 2 bridgehead atoms. The van der Waals surface area contributed by atoms with Crippen LogP contribution >= 0.6 is 0 Å². The maximum Gasteiger partial charge on any atom is 0.0534 e. The Morgan fingerprint density at radius 1 is 1.11 bits per heavy atom. The summed E-state index contributed by atoms with van der Waals surface area (Å²) in [7, 11) is 0. The lowest BCUT2D eigenvalue weighted by Gasteiger charge is -2.41. The summed E-state index contributed by atoms with van der Waals surface area (Å²) in [5.41, 5.74) is 0.482. The minimum Gasteiger partial charge on any atom is -0.381 e. The molecule has 108 valence electrons. The molecule has 0 amide bonds. The molecule has 4 atom stereocenters. The summed E-state index contributed by atoms with van der Waals surface area (Å²) in [6.45, 7) is 3.26. The van der Waals surface area contributed by atoms with Gasteiger partial charge < -0.3 is 10.1 Å². The van der Waals surface area contributed by atoms with Gasteiger partial charge in [-0.15, -0.1) is 0 Å². The van der Waals surface area contributed by atoms with Gasteiger partial charge >= 0.3 is 0 Å². The number of hydrogen-bond donors (Lipinski definition) is 1. The molecular weight excluding hydrogens is 234 g/mol. The Hall–Kier alpha value is -0.0800.